The summed E-state index contributed by atoms with van der Waals surface area (Å²) in [5, 5.41) is 9.86. The van der Waals surface area contributed by atoms with E-state index in [1.807, 2.05) is 27.7 Å². The van der Waals surface area contributed by atoms with Gasteiger partial charge < -0.3 is 10.5 Å². The van der Waals surface area contributed by atoms with Crippen LogP contribution in [0, 0.1) is 20.8 Å². The first-order valence-electron chi connectivity index (χ1n) is 12.8. The van der Waals surface area contributed by atoms with Crippen molar-refractivity contribution in [2.24, 2.45) is 10.7 Å². The summed E-state index contributed by atoms with van der Waals surface area (Å²) in [6, 6.07) is 16.2. The molecule has 1 atom stereocenters. The van der Waals surface area contributed by atoms with Gasteiger partial charge in [-0.05, 0) is 63.8 Å². The first-order chi connectivity index (χ1) is 18.1. The third-order valence-electron chi connectivity index (χ3n) is 6.70. The molecule has 8 heteroatoms. The largest absolute Gasteiger partial charge is 0.460 e. The Kier molecular flexibility index (Phi) is 6.79. The molecule has 0 aliphatic carbocycles. The number of aliphatic imine (C=N–C) groups is 1. The van der Waals surface area contributed by atoms with E-state index in [4.69, 9.17) is 15.5 Å². The van der Waals surface area contributed by atoms with Crippen LogP contribution in [-0.4, -0.2) is 32.0 Å². The summed E-state index contributed by atoms with van der Waals surface area (Å²) in [4.78, 5) is 19.3. The van der Waals surface area contributed by atoms with Crippen molar-refractivity contribution in [3.05, 3.63) is 87.3 Å². The summed E-state index contributed by atoms with van der Waals surface area (Å²) in [7, 11) is 0. The van der Waals surface area contributed by atoms with E-state index in [0.717, 1.165) is 44.4 Å². The molecule has 1 unspecified atom stereocenters. The molecule has 0 saturated carbocycles. The number of aromatic nitrogens is 3. The van der Waals surface area contributed by atoms with Gasteiger partial charge >= 0.3 is 5.97 Å². The Morgan fingerprint density at radius 1 is 0.974 bits per heavy atom. The van der Waals surface area contributed by atoms with Crippen LogP contribution in [0.1, 0.15) is 72.0 Å². The van der Waals surface area contributed by atoms with Crippen molar-refractivity contribution in [1.82, 2.24) is 14.8 Å². The lowest BCUT2D eigenvalue weighted by Gasteiger charge is -2.21. The number of esters is 1. The molecular weight excluding hydrogens is 494 g/mol. The van der Waals surface area contributed by atoms with Crippen molar-refractivity contribution >= 4 is 23.0 Å². The molecule has 1 aliphatic heterocycles. The van der Waals surface area contributed by atoms with Crippen LogP contribution in [-0.2, 0) is 16.1 Å². The number of ether oxygens (including phenoxy) is 1. The van der Waals surface area contributed by atoms with Crippen molar-refractivity contribution in [2.75, 3.05) is 0 Å². The molecule has 2 aromatic heterocycles. The maximum atomic E-state index is 12.9. The van der Waals surface area contributed by atoms with Crippen LogP contribution >= 0.6 is 11.3 Å². The summed E-state index contributed by atoms with van der Waals surface area (Å²) in [5.41, 5.74) is 12.6. The quantitative estimate of drug-likeness (QED) is 0.321. The topological polar surface area (TPSA) is 95.4 Å². The Hall–Kier alpha value is -3.62. The van der Waals surface area contributed by atoms with E-state index in [0.29, 0.717) is 12.4 Å². The van der Waals surface area contributed by atoms with Crippen LogP contribution in [0.25, 0.3) is 16.1 Å². The summed E-state index contributed by atoms with van der Waals surface area (Å²) in [5.74, 6) is 1.11. The van der Waals surface area contributed by atoms with Crippen LogP contribution in [0.15, 0.2) is 53.5 Å². The van der Waals surface area contributed by atoms with E-state index in [-0.39, 0.29) is 12.4 Å². The van der Waals surface area contributed by atoms with Crippen LogP contribution in [0.5, 0.6) is 0 Å². The van der Waals surface area contributed by atoms with Gasteiger partial charge in [-0.3, -0.25) is 14.4 Å². The zero-order valence-corrected chi connectivity index (χ0v) is 23.5. The Balaban J connectivity index is 1.61. The highest BCUT2D eigenvalue weighted by atomic mass is 32.1. The zero-order valence-electron chi connectivity index (χ0n) is 22.7. The Morgan fingerprint density at radius 3 is 2.18 bits per heavy atom. The van der Waals surface area contributed by atoms with Gasteiger partial charge in [0.1, 0.15) is 22.5 Å². The van der Waals surface area contributed by atoms with Crippen LogP contribution in [0.4, 0.5) is 0 Å². The van der Waals surface area contributed by atoms with Gasteiger partial charge in [-0.25, -0.2) is 0 Å². The summed E-state index contributed by atoms with van der Waals surface area (Å²) in [6.45, 7) is 12.3. The van der Waals surface area contributed by atoms with Gasteiger partial charge in [0.25, 0.3) is 0 Å². The van der Waals surface area contributed by atoms with E-state index in [9.17, 15) is 4.79 Å². The van der Waals surface area contributed by atoms with E-state index in [1.54, 1.807) is 11.3 Å². The van der Waals surface area contributed by atoms with Crippen molar-refractivity contribution in [1.29, 1.82) is 0 Å². The second kappa shape index (κ2) is 9.93. The minimum absolute atomic E-state index is 0.0808. The first-order valence-corrected chi connectivity index (χ1v) is 13.6. The fourth-order valence-electron chi connectivity index (χ4n) is 4.72. The van der Waals surface area contributed by atoms with Gasteiger partial charge in [-0.15, -0.1) is 21.5 Å². The molecule has 0 spiro atoms. The predicted molar refractivity (Wildman–Crippen MR) is 152 cm³/mol. The molecule has 5 rings (SSSR count). The number of benzene rings is 2. The third-order valence-corrected chi connectivity index (χ3v) is 7.89. The summed E-state index contributed by atoms with van der Waals surface area (Å²) >= 11 is 1.70. The van der Waals surface area contributed by atoms with Gasteiger partial charge in [-0.1, -0.05) is 48.5 Å². The number of carbonyl (C=O) groups excluding carboxylic acids is 1. The van der Waals surface area contributed by atoms with Gasteiger partial charge in [0, 0.05) is 22.5 Å². The van der Waals surface area contributed by atoms with Gasteiger partial charge in [-0.2, -0.15) is 0 Å². The number of aryl methyl sites for hydroxylation is 2. The number of hydrogen-bond donors (Lipinski definition) is 1. The Labute approximate surface area is 227 Å². The smallest absolute Gasteiger partial charge is 0.308 e. The lowest BCUT2D eigenvalue weighted by atomic mass is 9.96. The highest BCUT2D eigenvalue weighted by molar-refractivity contribution is 7.15. The number of carbonyl (C=O) groups is 1. The second-order valence-corrected chi connectivity index (χ2v) is 11.9. The number of rotatable bonds is 5. The van der Waals surface area contributed by atoms with Crippen molar-refractivity contribution in [3.63, 3.8) is 0 Å². The van der Waals surface area contributed by atoms with E-state index < -0.39 is 11.6 Å². The average Bonchev–Trinajstić information content (AvgIpc) is 3.35. The van der Waals surface area contributed by atoms with Gasteiger partial charge in [0.15, 0.2) is 5.82 Å². The molecule has 0 fully saturated rings. The molecule has 0 amide bonds. The number of nitrogens with two attached hydrogens (primary N) is 1. The first kappa shape index (κ1) is 26.0. The van der Waals surface area contributed by atoms with Crippen molar-refractivity contribution in [2.45, 2.75) is 66.2 Å². The van der Waals surface area contributed by atoms with Crippen LogP contribution in [0.3, 0.4) is 0 Å². The minimum atomic E-state index is -0.581. The Bertz CT molecular complexity index is 1520. The Morgan fingerprint density at radius 2 is 1.58 bits per heavy atom. The zero-order chi connectivity index (χ0) is 27.2. The van der Waals surface area contributed by atoms with E-state index in [1.165, 1.54) is 10.4 Å². The molecular formula is C30H33N5O2S. The molecule has 1 aliphatic rings. The van der Waals surface area contributed by atoms with Gasteiger partial charge in [0.2, 0.25) is 0 Å². The minimum Gasteiger partial charge on any atom is -0.460 e. The molecule has 0 bridgehead atoms. The summed E-state index contributed by atoms with van der Waals surface area (Å²) < 4.78 is 7.71. The number of thiophene rings is 1. The monoisotopic (exact) mass is 527 g/mol. The van der Waals surface area contributed by atoms with Crippen molar-refractivity contribution < 1.29 is 9.53 Å². The molecule has 2 N–H and O–H groups in total. The molecule has 3 heterocycles. The SMILES string of the molecule is Cc1sc2c(c1C)C(c1ccc(-c3ccc(CN)cc3)cc1)=NC(CC(=O)OC(C)(C)C)c1nnc(C)n1-2. The number of nitrogens with zero attached hydrogens (tertiary/aromatic N) is 4. The predicted octanol–water partition coefficient (Wildman–Crippen LogP) is 6.00. The lowest BCUT2D eigenvalue weighted by Crippen LogP contribution is -2.25. The van der Waals surface area contributed by atoms with Gasteiger partial charge in [0.05, 0.1) is 12.1 Å². The maximum absolute atomic E-state index is 12.9. The average molecular weight is 528 g/mol. The maximum Gasteiger partial charge on any atom is 0.308 e. The number of hydrogen-bond acceptors (Lipinski definition) is 7. The molecule has 38 heavy (non-hydrogen) atoms. The van der Waals surface area contributed by atoms with E-state index >= 15 is 0 Å². The highest BCUT2D eigenvalue weighted by Crippen LogP contribution is 2.40. The molecule has 0 saturated heterocycles. The van der Waals surface area contributed by atoms with E-state index in [2.05, 4.69) is 77.1 Å². The van der Waals surface area contributed by atoms with Crippen LogP contribution < -0.4 is 5.73 Å². The van der Waals surface area contributed by atoms with Crippen molar-refractivity contribution in [3.8, 4) is 16.1 Å². The lowest BCUT2D eigenvalue weighted by molar-refractivity contribution is -0.155. The van der Waals surface area contributed by atoms with Crippen LogP contribution in [0.2, 0.25) is 0 Å². The third kappa shape index (κ3) is 4.93. The fraction of sp³-hybridized carbons (Fsp3) is 0.333. The molecule has 2 aromatic carbocycles. The number of fused-ring (bicyclic) bond motifs is 3. The molecule has 0 radical (unpaired) electrons. The normalized spacial score (nSPS) is 14.9. The summed E-state index contributed by atoms with van der Waals surface area (Å²) in [6.07, 6.45) is 0.0808. The highest BCUT2D eigenvalue weighted by Gasteiger charge is 2.33. The standard InChI is InChI=1S/C30H33N5O2S/c1-17-18(2)38-29-26(17)27(23-13-11-22(12-14-23)21-9-7-20(16-31)8-10-21)32-24(15-25(36)37-30(4,5)6)28-34-33-19(3)35(28)29/h7-14,24H,15-16,31H2,1-6H3. The molecule has 196 valence electrons. The fourth-order valence-corrected chi connectivity index (χ4v) is 5.93. The molecule has 4 aromatic rings. The second-order valence-electron chi connectivity index (χ2n) is 10.7. The molecule has 7 nitrogen and oxygen atoms in total.